The molecule has 2 fully saturated rings. The molecule has 1 aliphatic heterocycles. The SMILES string of the molecule is CC1(CNC2CCCC(OCC(F)(F)F)C2)COC1. The smallest absolute Gasteiger partial charge is 0.380 e. The van der Waals surface area contributed by atoms with Crippen LogP contribution in [0, 0.1) is 5.41 Å². The highest BCUT2D eigenvalue weighted by Crippen LogP contribution is 2.28. The van der Waals surface area contributed by atoms with E-state index in [0.717, 1.165) is 39.0 Å². The summed E-state index contributed by atoms with van der Waals surface area (Å²) in [6, 6.07) is 0.268. The number of halogens is 3. The van der Waals surface area contributed by atoms with Crippen LogP contribution in [-0.4, -0.2) is 44.7 Å². The summed E-state index contributed by atoms with van der Waals surface area (Å²) < 4.78 is 46.5. The third-order valence-corrected chi connectivity index (χ3v) is 3.83. The Balaban J connectivity index is 1.68. The minimum absolute atomic E-state index is 0.194. The van der Waals surface area contributed by atoms with Crippen LogP contribution in [0.2, 0.25) is 0 Å². The van der Waals surface area contributed by atoms with Gasteiger partial charge in [0.2, 0.25) is 0 Å². The van der Waals surface area contributed by atoms with Crippen LogP contribution in [-0.2, 0) is 9.47 Å². The lowest BCUT2D eigenvalue weighted by atomic mass is 9.87. The van der Waals surface area contributed by atoms with Crippen molar-refractivity contribution in [1.29, 1.82) is 0 Å². The lowest BCUT2D eigenvalue weighted by molar-refractivity contribution is -0.188. The zero-order valence-electron chi connectivity index (χ0n) is 11.3. The Hall–Kier alpha value is -0.330. The minimum atomic E-state index is -4.23. The molecule has 2 rings (SSSR count). The Morgan fingerprint density at radius 2 is 2.05 bits per heavy atom. The van der Waals surface area contributed by atoms with Crippen molar-refractivity contribution in [3.63, 3.8) is 0 Å². The molecule has 1 heterocycles. The molecule has 2 aliphatic rings. The molecule has 1 aliphatic carbocycles. The Morgan fingerprint density at radius 3 is 2.63 bits per heavy atom. The Morgan fingerprint density at radius 1 is 1.32 bits per heavy atom. The van der Waals surface area contributed by atoms with E-state index in [2.05, 4.69) is 12.2 Å². The van der Waals surface area contributed by atoms with Gasteiger partial charge in [0, 0.05) is 18.0 Å². The van der Waals surface area contributed by atoms with E-state index in [4.69, 9.17) is 9.47 Å². The molecular weight excluding hydrogens is 259 g/mol. The molecule has 2 atom stereocenters. The van der Waals surface area contributed by atoms with E-state index in [0.29, 0.717) is 6.42 Å². The normalized spacial score (nSPS) is 30.9. The Kier molecular flexibility index (Phi) is 4.74. The molecule has 0 aromatic carbocycles. The minimum Gasteiger partial charge on any atom is -0.380 e. The number of alkyl halides is 3. The third kappa shape index (κ3) is 4.93. The van der Waals surface area contributed by atoms with E-state index < -0.39 is 12.8 Å². The van der Waals surface area contributed by atoms with Gasteiger partial charge in [-0.25, -0.2) is 0 Å². The van der Waals surface area contributed by atoms with Crippen molar-refractivity contribution in [2.45, 2.75) is 50.9 Å². The number of hydrogen-bond donors (Lipinski definition) is 1. The molecule has 0 amide bonds. The van der Waals surface area contributed by atoms with Gasteiger partial charge in [-0.3, -0.25) is 0 Å². The molecule has 0 bridgehead atoms. The summed E-state index contributed by atoms with van der Waals surface area (Å²) in [5.41, 5.74) is 0.194. The van der Waals surface area contributed by atoms with E-state index >= 15 is 0 Å². The first kappa shape index (κ1) is 15.1. The molecule has 1 N–H and O–H groups in total. The fraction of sp³-hybridized carbons (Fsp3) is 1.00. The van der Waals surface area contributed by atoms with Gasteiger partial charge in [-0.1, -0.05) is 6.92 Å². The van der Waals surface area contributed by atoms with Gasteiger partial charge < -0.3 is 14.8 Å². The van der Waals surface area contributed by atoms with Gasteiger partial charge >= 0.3 is 6.18 Å². The van der Waals surface area contributed by atoms with E-state index in [1.54, 1.807) is 0 Å². The first-order valence-corrected chi connectivity index (χ1v) is 6.86. The van der Waals surface area contributed by atoms with Crippen LogP contribution in [0.3, 0.4) is 0 Å². The summed E-state index contributed by atoms with van der Waals surface area (Å²) >= 11 is 0. The predicted molar refractivity (Wildman–Crippen MR) is 65.0 cm³/mol. The number of ether oxygens (including phenoxy) is 2. The quantitative estimate of drug-likeness (QED) is 0.840. The maximum absolute atomic E-state index is 12.1. The number of hydrogen-bond acceptors (Lipinski definition) is 3. The van der Waals surface area contributed by atoms with Crippen LogP contribution >= 0.6 is 0 Å². The Bertz CT molecular complexity index is 292. The van der Waals surface area contributed by atoms with Crippen molar-refractivity contribution < 1.29 is 22.6 Å². The topological polar surface area (TPSA) is 30.5 Å². The highest BCUT2D eigenvalue weighted by Gasteiger charge is 2.35. The molecule has 0 spiro atoms. The number of nitrogens with one attached hydrogen (secondary N) is 1. The molecule has 0 aromatic heterocycles. The van der Waals surface area contributed by atoms with E-state index in [-0.39, 0.29) is 17.6 Å². The summed E-state index contributed by atoms with van der Waals surface area (Å²) in [5, 5.41) is 3.45. The van der Waals surface area contributed by atoms with Crippen LogP contribution in [0.15, 0.2) is 0 Å². The second-order valence-electron chi connectivity index (χ2n) is 6.10. The van der Waals surface area contributed by atoms with Crippen LogP contribution in [0.4, 0.5) is 13.2 Å². The summed E-state index contributed by atoms with van der Waals surface area (Å²) in [4.78, 5) is 0. The van der Waals surface area contributed by atoms with Crippen LogP contribution in [0.5, 0.6) is 0 Å². The zero-order valence-corrected chi connectivity index (χ0v) is 11.3. The summed E-state index contributed by atoms with van der Waals surface area (Å²) in [6.45, 7) is 3.42. The monoisotopic (exact) mass is 281 g/mol. The lowest BCUT2D eigenvalue weighted by Gasteiger charge is -2.40. The fourth-order valence-corrected chi connectivity index (χ4v) is 2.64. The molecule has 0 radical (unpaired) electrons. The highest BCUT2D eigenvalue weighted by molar-refractivity contribution is 4.86. The maximum atomic E-state index is 12.1. The van der Waals surface area contributed by atoms with Gasteiger partial charge in [-0.15, -0.1) is 0 Å². The second kappa shape index (κ2) is 5.97. The molecule has 19 heavy (non-hydrogen) atoms. The van der Waals surface area contributed by atoms with Crippen molar-refractivity contribution in [3.05, 3.63) is 0 Å². The molecule has 3 nitrogen and oxygen atoms in total. The van der Waals surface area contributed by atoms with Crippen molar-refractivity contribution >= 4 is 0 Å². The van der Waals surface area contributed by atoms with Crippen molar-refractivity contribution in [2.24, 2.45) is 5.41 Å². The average Bonchev–Trinajstić information content (AvgIpc) is 2.31. The summed E-state index contributed by atoms with van der Waals surface area (Å²) in [5.74, 6) is 0. The van der Waals surface area contributed by atoms with Crippen LogP contribution in [0.25, 0.3) is 0 Å². The lowest BCUT2D eigenvalue weighted by Crippen LogP contribution is -2.50. The molecular formula is C13H22F3NO2. The zero-order chi connectivity index (χ0) is 13.9. The van der Waals surface area contributed by atoms with Crippen molar-refractivity contribution in [3.8, 4) is 0 Å². The van der Waals surface area contributed by atoms with Crippen molar-refractivity contribution in [1.82, 2.24) is 5.32 Å². The number of rotatable bonds is 5. The highest BCUT2D eigenvalue weighted by atomic mass is 19.4. The molecule has 2 unspecified atom stereocenters. The molecule has 1 saturated heterocycles. The van der Waals surface area contributed by atoms with Gasteiger partial charge in [0.15, 0.2) is 0 Å². The van der Waals surface area contributed by atoms with E-state index in [1.807, 2.05) is 0 Å². The first-order valence-electron chi connectivity index (χ1n) is 6.86. The molecule has 112 valence electrons. The Labute approximate surface area is 111 Å². The summed E-state index contributed by atoms with van der Waals surface area (Å²) in [7, 11) is 0. The molecule has 6 heteroatoms. The largest absolute Gasteiger partial charge is 0.411 e. The van der Waals surface area contributed by atoms with E-state index in [1.165, 1.54) is 0 Å². The third-order valence-electron chi connectivity index (χ3n) is 3.83. The summed E-state index contributed by atoms with van der Waals surface area (Å²) in [6.07, 6.45) is -1.15. The van der Waals surface area contributed by atoms with Gasteiger partial charge in [0.1, 0.15) is 6.61 Å². The first-order chi connectivity index (χ1) is 8.86. The van der Waals surface area contributed by atoms with Gasteiger partial charge in [0.05, 0.1) is 19.3 Å². The standard InChI is InChI=1S/C13H22F3NO2/c1-12(7-18-8-12)6-17-10-3-2-4-11(5-10)19-9-13(14,15)16/h10-11,17H,2-9H2,1H3. The second-order valence-corrected chi connectivity index (χ2v) is 6.10. The van der Waals surface area contributed by atoms with E-state index in [9.17, 15) is 13.2 Å². The van der Waals surface area contributed by atoms with Gasteiger partial charge in [-0.05, 0) is 25.7 Å². The van der Waals surface area contributed by atoms with Gasteiger partial charge in [-0.2, -0.15) is 13.2 Å². The van der Waals surface area contributed by atoms with Gasteiger partial charge in [0.25, 0.3) is 0 Å². The van der Waals surface area contributed by atoms with Crippen molar-refractivity contribution in [2.75, 3.05) is 26.4 Å². The average molecular weight is 281 g/mol. The predicted octanol–water partition coefficient (Wildman–Crippen LogP) is 2.50. The molecule has 0 aromatic rings. The maximum Gasteiger partial charge on any atom is 0.411 e. The fourth-order valence-electron chi connectivity index (χ4n) is 2.64. The molecule has 1 saturated carbocycles. The van der Waals surface area contributed by atoms with Crippen LogP contribution in [0.1, 0.15) is 32.6 Å². The van der Waals surface area contributed by atoms with Crippen LogP contribution < -0.4 is 5.32 Å².